The first kappa shape index (κ1) is 23.2. The Labute approximate surface area is 163 Å². The van der Waals surface area contributed by atoms with Crippen LogP contribution in [0.4, 0.5) is 4.79 Å². The van der Waals surface area contributed by atoms with Crippen molar-refractivity contribution in [2.75, 3.05) is 26.4 Å². The number of aliphatic hydroxyl groups is 1. The topological polar surface area (TPSA) is 77.0 Å². The molecule has 1 aromatic rings. The molecular weight excluding hydrogens is 346 g/mol. The van der Waals surface area contributed by atoms with Gasteiger partial charge in [0, 0.05) is 6.61 Å². The number of unbranched alkanes of at least 4 members (excludes halogenated alkanes) is 3. The Kier molecular flexibility index (Phi) is 10.8. The van der Waals surface area contributed by atoms with Gasteiger partial charge in [0.25, 0.3) is 0 Å². The van der Waals surface area contributed by atoms with E-state index in [4.69, 9.17) is 19.3 Å². The van der Waals surface area contributed by atoms with Crippen LogP contribution in [0.2, 0.25) is 0 Å². The summed E-state index contributed by atoms with van der Waals surface area (Å²) in [6.07, 6.45) is 3.73. The summed E-state index contributed by atoms with van der Waals surface area (Å²) in [5, 5.41) is 11.5. The number of alkyl carbamates (subject to hydrolysis) is 1. The Bertz CT molecular complexity index is 542. The van der Waals surface area contributed by atoms with E-state index in [1.54, 1.807) is 0 Å². The Morgan fingerprint density at radius 2 is 1.81 bits per heavy atom. The lowest BCUT2D eigenvalue weighted by atomic mass is 10.1. The molecule has 0 aromatic heterocycles. The van der Waals surface area contributed by atoms with E-state index in [9.17, 15) is 4.79 Å². The van der Waals surface area contributed by atoms with Gasteiger partial charge in [-0.2, -0.15) is 0 Å². The van der Waals surface area contributed by atoms with Crippen molar-refractivity contribution in [3.05, 3.63) is 29.8 Å². The maximum atomic E-state index is 11.9. The van der Waals surface area contributed by atoms with Crippen molar-refractivity contribution >= 4 is 6.09 Å². The summed E-state index contributed by atoms with van der Waals surface area (Å²) < 4.78 is 16.3. The van der Waals surface area contributed by atoms with Crippen LogP contribution in [0, 0.1) is 0 Å². The van der Waals surface area contributed by atoms with Crippen LogP contribution in [0.1, 0.15) is 65.0 Å². The molecule has 1 atom stereocenters. The van der Waals surface area contributed by atoms with E-state index in [0.717, 1.165) is 37.0 Å². The van der Waals surface area contributed by atoms with Crippen LogP contribution in [0.25, 0.3) is 0 Å². The number of ether oxygens (including phenoxy) is 3. The summed E-state index contributed by atoms with van der Waals surface area (Å²) in [7, 11) is 0. The molecule has 6 nitrogen and oxygen atoms in total. The van der Waals surface area contributed by atoms with Gasteiger partial charge < -0.3 is 24.6 Å². The minimum Gasteiger partial charge on any atom is -0.494 e. The molecule has 2 N–H and O–H groups in total. The number of hydrogen-bond donors (Lipinski definition) is 2. The Morgan fingerprint density at radius 3 is 2.48 bits per heavy atom. The van der Waals surface area contributed by atoms with Gasteiger partial charge in [0.1, 0.15) is 11.4 Å². The third-order valence-corrected chi connectivity index (χ3v) is 3.78. The second kappa shape index (κ2) is 12.6. The van der Waals surface area contributed by atoms with Crippen LogP contribution < -0.4 is 10.1 Å². The van der Waals surface area contributed by atoms with Crippen molar-refractivity contribution in [2.24, 2.45) is 0 Å². The molecule has 0 aliphatic rings. The lowest BCUT2D eigenvalue weighted by molar-refractivity contribution is 0.0508. The summed E-state index contributed by atoms with van der Waals surface area (Å²) in [5.74, 6) is 0.802. The maximum Gasteiger partial charge on any atom is 0.408 e. The quantitative estimate of drug-likeness (QED) is 0.530. The van der Waals surface area contributed by atoms with E-state index in [2.05, 4.69) is 5.32 Å². The molecule has 0 saturated carbocycles. The normalized spacial score (nSPS) is 12.5. The molecule has 0 saturated heterocycles. The minimum absolute atomic E-state index is 0.0822. The van der Waals surface area contributed by atoms with E-state index in [1.807, 2.05) is 52.0 Å². The first-order chi connectivity index (χ1) is 12.8. The number of carbonyl (C=O) groups is 1. The summed E-state index contributed by atoms with van der Waals surface area (Å²) >= 11 is 0. The van der Waals surface area contributed by atoms with E-state index in [0.29, 0.717) is 19.8 Å². The number of amides is 1. The molecule has 6 heteroatoms. The fourth-order valence-corrected chi connectivity index (χ4v) is 2.46. The molecule has 154 valence electrons. The van der Waals surface area contributed by atoms with Crippen LogP contribution in [-0.2, 0) is 9.47 Å². The van der Waals surface area contributed by atoms with Crippen LogP contribution in [0.15, 0.2) is 24.3 Å². The van der Waals surface area contributed by atoms with Gasteiger partial charge in [0.15, 0.2) is 0 Å². The van der Waals surface area contributed by atoms with Crippen LogP contribution in [0.5, 0.6) is 5.75 Å². The lowest BCUT2D eigenvalue weighted by Crippen LogP contribution is -2.34. The van der Waals surface area contributed by atoms with Gasteiger partial charge in [-0.25, -0.2) is 4.79 Å². The number of benzene rings is 1. The molecule has 0 aliphatic carbocycles. The van der Waals surface area contributed by atoms with Crippen molar-refractivity contribution in [2.45, 2.75) is 65.0 Å². The predicted octanol–water partition coefficient (Wildman–Crippen LogP) is 4.22. The largest absolute Gasteiger partial charge is 0.494 e. The molecule has 0 heterocycles. The van der Waals surface area contributed by atoms with Gasteiger partial charge in [-0.05, 0) is 64.7 Å². The average Bonchev–Trinajstić information content (AvgIpc) is 2.59. The minimum atomic E-state index is -0.514. The third-order valence-electron chi connectivity index (χ3n) is 3.78. The molecule has 0 radical (unpaired) electrons. The zero-order chi connectivity index (χ0) is 20.1. The molecular formula is C21H35NO5. The number of hydrogen-bond acceptors (Lipinski definition) is 5. The van der Waals surface area contributed by atoms with Gasteiger partial charge in [0.05, 0.1) is 25.9 Å². The van der Waals surface area contributed by atoms with Crippen molar-refractivity contribution < 1.29 is 24.1 Å². The second-order valence-corrected chi connectivity index (χ2v) is 7.54. The molecule has 0 spiro atoms. The lowest BCUT2D eigenvalue weighted by Gasteiger charge is -2.22. The fraction of sp³-hybridized carbons (Fsp3) is 0.667. The summed E-state index contributed by atoms with van der Waals surface area (Å²) in [4.78, 5) is 11.9. The SMILES string of the molecule is C[C@@H](NC(=O)OC(C)(C)C)c1cccc(OCCCCCCOCCO)c1. The van der Waals surface area contributed by atoms with Crippen LogP contribution in [-0.4, -0.2) is 43.2 Å². The Balaban J connectivity index is 2.29. The van der Waals surface area contributed by atoms with Gasteiger partial charge in [-0.15, -0.1) is 0 Å². The zero-order valence-corrected chi connectivity index (χ0v) is 17.1. The van der Waals surface area contributed by atoms with Crippen molar-refractivity contribution in [1.29, 1.82) is 0 Å². The number of aliphatic hydroxyl groups excluding tert-OH is 1. The molecule has 0 unspecified atom stereocenters. The third kappa shape index (κ3) is 11.5. The van der Waals surface area contributed by atoms with Gasteiger partial charge >= 0.3 is 6.09 Å². The zero-order valence-electron chi connectivity index (χ0n) is 17.1. The fourth-order valence-electron chi connectivity index (χ4n) is 2.46. The molecule has 0 aliphatic heterocycles. The average molecular weight is 382 g/mol. The molecule has 1 rings (SSSR count). The molecule has 0 fully saturated rings. The maximum absolute atomic E-state index is 11.9. The van der Waals surface area contributed by atoms with E-state index < -0.39 is 11.7 Å². The molecule has 1 amide bonds. The van der Waals surface area contributed by atoms with E-state index in [-0.39, 0.29) is 12.6 Å². The predicted molar refractivity (Wildman–Crippen MR) is 106 cm³/mol. The number of carbonyl (C=O) groups excluding carboxylic acids is 1. The van der Waals surface area contributed by atoms with Crippen molar-refractivity contribution in [1.82, 2.24) is 5.32 Å². The highest BCUT2D eigenvalue weighted by Gasteiger charge is 2.18. The highest BCUT2D eigenvalue weighted by molar-refractivity contribution is 5.68. The molecule has 1 aromatic carbocycles. The van der Waals surface area contributed by atoms with Crippen molar-refractivity contribution in [3.8, 4) is 5.75 Å². The number of nitrogens with one attached hydrogen (secondary N) is 1. The van der Waals surface area contributed by atoms with Crippen LogP contribution >= 0.6 is 0 Å². The monoisotopic (exact) mass is 381 g/mol. The van der Waals surface area contributed by atoms with Gasteiger partial charge in [-0.1, -0.05) is 18.6 Å². The highest BCUT2D eigenvalue weighted by Crippen LogP contribution is 2.20. The summed E-state index contributed by atoms with van der Waals surface area (Å²) in [5.41, 5.74) is 0.457. The van der Waals surface area contributed by atoms with Crippen molar-refractivity contribution in [3.63, 3.8) is 0 Å². The van der Waals surface area contributed by atoms with E-state index in [1.165, 1.54) is 0 Å². The highest BCUT2D eigenvalue weighted by atomic mass is 16.6. The number of rotatable bonds is 12. The Morgan fingerprint density at radius 1 is 1.11 bits per heavy atom. The van der Waals surface area contributed by atoms with Crippen LogP contribution in [0.3, 0.4) is 0 Å². The molecule has 0 bridgehead atoms. The van der Waals surface area contributed by atoms with Gasteiger partial charge in [-0.3, -0.25) is 0 Å². The first-order valence-electron chi connectivity index (χ1n) is 9.72. The molecule has 27 heavy (non-hydrogen) atoms. The van der Waals surface area contributed by atoms with Gasteiger partial charge in [0.2, 0.25) is 0 Å². The summed E-state index contributed by atoms with van der Waals surface area (Å²) in [6.45, 7) is 9.30. The first-order valence-corrected chi connectivity index (χ1v) is 9.72. The Hall–Kier alpha value is -1.79. The standard InChI is InChI=1S/C21H35NO5/c1-17(22-20(24)27-21(2,3)4)18-10-9-11-19(16-18)26-14-8-6-5-7-13-25-15-12-23/h9-11,16-17,23H,5-8,12-15H2,1-4H3,(H,22,24)/t17-/m1/s1. The van der Waals surface area contributed by atoms with E-state index >= 15 is 0 Å². The summed E-state index contributed by atoms with van der Waals surface area (Å²) in [6, 6.07) is 7.59. The second-order valence-electron chi connectivity index (χ2n) is 7.54. The smallest absolute Gasteiger partial charge is 0.408 e.